The van der Waals surface area contributed by atoms with Crippen LogP contribution in [0.5, 0.6) is 0 Å². The molecule has 4 aliphatic carbocycles. The van der Waals surface area contributed by atoms with E-state index in [4.69, 9.17) is 15.0 Å². The largest absolute Gasteiger partial charge is 0.481 e. The number of guanidine groups is 1. The van der Waals surface area contributed by atoms with Gasteiger partial charge < -0.3 is 20.4 Å². The number of ketones is 1. The molecule has 12 heteroatoms. The van der Waals surface area contributed by atoms with E-state index in [1.165, 1.54) is 0 Å². The number of rotatable bonds is 13. The van der Waals surface area contributed by atoms with E-state index in [-0.39, 0.29) is 59.6 Å². The first-order valence-corrected chi connectivity index (χ1v) is 16.1. The minimum absolute atomic E-state index is 0.0158. The van der Waals surface area contributed by atoms with Gasteiger partial charge in [0, 0.05) is 24.8 Å². The fraction of sp³-hybridized carbons (Fsp3) is 0.900. The van der Waals surface area contributed by atoms with Crippen LogP contribution < -0.4 is 16.5 Å². The van der Waals surface area contributed by atoms with Crippen molar-refractivity contribution in [2.45, 2.75) is 123 Å². The number of carbonyl (C=O) groups excluding carboxylic acids is 2. The van der Waals surface area contributed by atoms with E-state index in [1.807, 2.05) is 5.43 Å². The van der Waals surface area contributed by atoms with Gasteiger partial charge in [0.25, 0.3) is 5.96 Å². The summed E-state index contributed by atoms with van der Waals surface area (Å²) in [6.07, 6.45) is 8.02. The molecule has 0 spiro atoms. The monoisotopic (exact) mass is 589 g/mol. The van der Waals surface area contributed by atoms with Crippen LogP contribution in [-0.4, -0.2) is 54.0 Å². The maximum absolute atomic E-state index is 13.9. The van der Waals surface area contributed by atoms with Crippen LogP contribution in [0.25, 0.3) is 0 Å². The Bertz CT molecular complexity index is 1040. The summed E-state index contributed by atoms with van der Waals surface area (Å²) >= 11 is 0. The fourth-order valence-electron chi connectivity index (χ4n) is 8.30. The molecule has 5 fully saturated rings. The van der Waals surface area contributed by atoms with Gasteiger partial charge in [0.15, 0.2) is 5.03 Å². The Morgan fingerprint density at radius 1 is 1.19 bits per heavy atom. The zero-order valence-electron chi connectivity index (χ0n) is 26.4. The number of hydrogen-bond donors (Lipinski definition) is 3. The van der Waals surface area contributed by atoms with Gasteiger partial charge in [-0.2, -0.15) is 0 Å². The fourth-order valence-corrected chi connectivity index (χ4v) is 8.30. The number of aliphatic imine (C=N–C) groups is 1. The van der Waals surface area contributed by atoms with Crippen molar-refractivity contribution in [1.29, 1.82) is 0 Å². The molecule has 2 bridgehead atoms. The zero-order valence-corrected chi connectivity index (χ0v) is 26.4. The van der Waals surface area contributed by atoms with Crippen molar-refractivity contribution in [3.8, 4) is 0 Å². The molecule has 1 saturated heterocycles. The van der Waals surface area contributed by atoms with Crippen molar-refractivity contribution in [1.82, 2.24) is 10.7 Å². The first kappa shape index (κ1) is 32.7. The summed E-state index contributed by atoms with van der Waals surface area (Å²) in [7, 11) is -0.534. The van der Waals surface area contributed by atoms with Crippen LogP contribution in [0, 0.1) is 51.0 Å². The van der Waals surface area contributed by atoms with Gasteiger partial charge in [-0.1, -0.05) is 59.3 Å². The van der Waals surface area contributed by atoms with Crippen molar-refractivity contribution < 1.29 is 23.9 Å². The molecule has 1 aliphatic heterocycles. The Hall–Kier alpha value is -2.21. The second-order valence-corrected chi connectivity index (χ2v) is 14.6. The van der Waals surface area contributed by atoms with Crippen LogP contribution in [0.2, 0.25) is 0 Å². The molecular weight excluding hydrogens is 537 g/mol. The highest BCUT2D eigenvalue weighted by atomic mass is 16.7. The Labute approximate surface area is 251 Å². The summed E-state index contributed by atoms with van der Waals surface area (Å²) in [5, 5.41) is 13.1. The van der Waals surface area contributed by atoms with Gasteiger partial charge in [-0.3, -0.25) is 9.59 Å². The number of nitro groups is 1. The maximum atomic E-state index is 13.9. The normalized spacial score (nSPS) is 33.4. The molecule has 0 aromatic heterocycles. The molecule has 8 atom stereocenters. The highest BCUT2D eigenvalue weighted by molar-refractivity contribution is 6.47. The molecule has 1 heterocycles. The predicted octanol–water partition coefficient (Wildman–Crippen LogP) is 4.06. The number of amides is 1. The van der Waals surface area contributed by atoms with E-state index in [2.05, 4.69) is 51.9 Å². The molecule has 4 saturated carbocycles. The predicted molar refractivity (Wildman–Crippen MR) is 162 cm³/mol. The van der Waals surface area contributed by atoms with E-state index in [9.17, 15) is 19.7 Å². The molecule has 4 N–H and O–H groups in total. The van der Waals surface area contributed by atoms with Gasteiger partial charge in [0.05, 0.1) is 17.6 Å². The lowest BCUT2D eigenvalue weighted by Gasteiger charge is -2.64. The summed E-state index contributed by atoms with van der Waals surface area (Å²) in [5.74, 6) is 0.500. The van der Waals surface area contributed by atoms with Crippen LogP contribution in [0.3, 0.4) is 0 Å². The van der Waals surface area contributed by atoms with Gasteiger partial charge in [-0.25, -0.2) is 15.1 Å². The molecular formula is C30H52BN5O6. The Morgan fingerprint density at radius 3 is 2.55 bits per heavy atom. The van der Waals surface area contributed by atoms with E-state index in [0.29, 0.717) is 42.9 Å². The molecule has 5 aliphatic rings. The molecule has 5 rings (SSSR count). The highest BCUT2D eigenvalue weighted by Crippen LogP contribution is 2.65. The van der Waals surface area contributed by atoms with E-state index >= 15 is 0 Å². The zero-order chi connectivity index (χ0) is 30.8. The first-order chi connectivity index (χ1) is 19.7. The van der Waals surface area contributed by atoms with Crippen LogP contribution in [0.15, 0.2) is 4.99 Å². The van der Waals surface area contributed by atoms with Gasteiger partial charge in [0.2, 0.25) is 5.91 Å². The first-order valence-electron chi connectivity index (χ1n) is 16.1. The smallest absolute Gasteiger partial charge is 0.404 e. The van der Waals surface area contributed by atoms with Crippen LogP contribution in [0.1, 0.15) is 106 Å². The van der Waals surface area contributed by atoms with Crippen molar-refractivity contribution in [2.24, 2.45) is 51.6 Å². The van der Waals surface area contributed by atoms with Gasteiger partial charge in [-0.05, 0) is 74.5 Å². The van der Waals surface area contributed by atoms with Crippen LogP contribution in [-0.2, 0) is 18.9 Å². The number of nitrogens with zero attached hydrogens (tertiary/aromatic N) is 2. The van der Waals surface area contributed by atoms with Gasteiger partial charge in [-0.15, -0.1) is 0 Å². The van der Waals surface area contributed by atoms with Crippen LogP contribution in [0.4, 0.5) is 0 Å². The third kappa shape index (κ3) is 7.12. The molecule has 0 aromatic rings. The lowest BCUT2D eigenvalue weighted by atomic mass is 9.43. The molecule has 0 aromatic carbocycles. The molecule has 2 unspecified atom stereocenters. The molecule has 1 amide bonds. The summed E-state index contributed by atoms with van der Waals surface area (Å²) in [5.41, 5.74) is 7.24. The second kappa shape index (κ2) is 13.2. The summed E-state index contributed by atoms with van der Waals surface area (Å²) in [4.78, 5) is 42.0. The van der Waals surface area contributed by atoms with Crippen molar-refractivity contribution in [3.05, 3.63) is 10.1 Å². The standard InChI is InChI=1S/C30H52BN5O6/c1-18(2)14-26(31-41-25-17-21-16-24(29(21,4)5)30(25,6)42-31)34-27(38)20(11-9-13-33-28(32)35-36(39)40)15-23(37)22-12-8-7-10-19(22)3/h18-22,24-26H,7-17H2,1-6H3,(H,34,38)(H3,32,33,35)/t19?,20-,21-,22?,24-,25-,26+,30+/m1/s1. The summed E-state index contributed by atoms with van der Waals surface area (Å²) in [6, 6.07) is 0. The Kier molecular flexibility index (Phi) is 10.3. The quantitative estimate of drug-likeness (QED) is 0.0725. The molecule has 0 radical (unpaired) electrons. The van der Waals surface area contributed by atoms with Gasteiger partial charge in [0.1, 0.15) is 5.78 Å². The van der Waals surface area contributed by atoms with Crippen LogP contribution >= 0.6 is 0 Å². The average Bonchev–Trinajstić information content (AvgIpc) is 3.26. The second-order valence-electron chi connectivity index (χ2n) is 14.6. The van der Waals surface area contributed by atoms with Crippen molar-refractivity contribution in [3.63, 3.8) is 0 Å². The number of nitrogens with two attached hydrogens (primary N) is 1. The number of hydrogen-bond acceptors (Lipinski definition) is 7. The number of hydrazine groups is 1. The molecule has 11 nitrogen and oxygen atoms in total. The number of nitrogens with one attached hydrogen (secondary N) is 2. The maximum Gasteiger partial charge on any atom is 0.481 e. The molecule has 236 valence electrons. The number of carbonyl (C=O) groups is 2. The van der Waals surface area contributed by atoms with Crippen molar-refractivity contribution >= 4 is 24.8 Å². The lowest BCUT2D eigenvalue weighted by Crippen LogP contribution is -2.65. The van der Waals surface area contributed by atoms with E-state index in [0.717, 1.165) is 38.5 Å². The van der Waals surface area contributed by atoms with E-state index < -0.39 is 18.1 Å². The SMILES string of the molecule is CC(C)C[C@H](NC(=O)[C@H](CCCN=C(N)N[N+](=O)[O-])CC(=O)C1CCCCC1C)B1O[C@@H]2C[C@H]3C[C@H](C3(C)C)[C@]2(C)O1. The minimum atomic E-state index is -0.762. The summed E-state index contributed by atoms with van der Waals surface area (Å²) < 4.78 is 13.3. The topological polar surface area (TPSA) is 158 Å². The van der Waals surface area contributed by atoms with Crippen molar-refractivity contribution in [2.75, 3.05) is 6.54 Å². The lowest BCUT2D eigenvalue weighted by molar-refractivity contribution is -0.525. The third-order valence-corrected chi connectivity index (χ3v) is 10.9. The molecule has 42 heavy (non-hydrogen) atoms. The third-order valence-electron chi connectivity index (χ3n) is 10.9. The Balaban J connectivity index is 1.45. The Morgan fingerprint density at radius 2 is 1.90 bits per heavy atom. The summed E-state index contributed by atoms with van der Waals surface area (Å²) in [6.45, 7) is 13.4. The highest BCUT2D eigenvalue weighted by Gasteiger charge is 2.68. The van der Waals surface area contributed by atoms with E-state index in [1.54, 1.807) is 0 Å². The minimum Gasteiger partial charge on any atom is -0.404 e. The number of Topliss-reactive ketones (excluding diaryl/α,β-unsaturated/α-hetero) is 1. The van der Waals surface area contributed by atoms with Gasteiger partial charge >= 0.3 is 7.12 Å². The average molecular weight is 590 g/mol.